The first-order chi connectivity index (χ1) is 10.3. The Labute approximate surface area is 185 Å². The Bertz CT molecular complexity index is 253. The van der Waals surface area contributed by atoms with Gasteiger partial charge < -0.3 is 19.8 Å². The molecule has 0 aliphatic heterocycles. The van der Waals surface area contributed by atoms with Crippen LogP contribution < -0.4 is 0 Å². The minimum absolute atomic E-state index is 0. The Morgan fingerprint density at radius 3 is 1.39 bits per heavy atom. The van der Waals surface area contributed by atoms with E-state index in [0.717, 1.165) is 0 Å². The summed E-state index contributed by atoms with van der Waals surface area (Å²) in [6, 6.07) is 0. The van der Waals surface area contributed by atoms with Gasteiger partial charge in [0.2, 0.25) is 0 Å². The molecule has 23 heavy (non-hydrogen) atoms. The van der Waals surface area contributed by atoms with E-state index < -0.39 is 7.82 Å². The zero-order chi connectivity index (χ0) is 17.3. The van der Waals surface area contributed by atoms with Crippen LogP contribution in [0.4, 0.5) is 0 Å². The molecule has 5 nitrogen and oxygen atoms in total. The number of unbranched alkanes of at least 4 members (excludes halogenated alkanes) is 8. The van der Waals surface area contributed by atoms with Crippen LogP contribution in [0.5, 0.6) is 0 Å². The predicted octanol–water partition coefficient (Wildman–Crippen LogP) is 3.74. The van der Waals surface area contributed by atoms with E-state index in [9.17, 15) is 5.11 Å². The van der Waals surface area contributed by atoms with Gasteiger partial charge in [0.25, 0.3) is 0 Å². The summed E-state index contributed by atoms with van der Waals surface area (Å²) in [6.45, 7) is 4.92. The third kappa shape index (κ3) is 35.6. The van der Waals surface area contributed by atoms with E-state index in [2.05, 4.69) is 13.8 Å². The Kier molecular flexibility index (Phi) is 27.9. The molecule has 0 heterocycles. The summed E-state index contributed by atoms with van der Waals surface area (Å²) in [7, 11) is -4.64. The van der Waals surface area contributed by atoms with Crippen LogP contribution in [0.25, 0.3) is 0 Å². The number of aliphatic hydroxyl groups excluding tert-OH is 1. The van der Waals surface area contributed by atoms with Gasteiger partial charge in [0.05, 0.1) is 0 Å². The van der Waals surface area contributed by atoms with Crippen LogP contribution in [0, 0.1) is 5.92 Å². The molecule has 1 unspecified atom stereocenters. The molecule has 0 rings (SSSR count). The van der Waals surface area contributed by atoms with Crippen molar-refractivity contribution in [3.05, 3.63) is 0 Å². The summed E-state index contributed by atoms with van der Waals surface area (Å²) < 4.78 is 8.88. The monoisotopic (exact) mass is 380 g/mol. The molecule has 0 saturated heterocycles. The molecule has 0 saturated carbocycles. The van der Waals surface area contributed by atoms with E-state index in [4.69, 9.17) is 19.2 Å². The van der Waals surface area contributed by atoms with Crippen molar-refractivity contribution >= 4 is 59.2 Å². The molecule has 0 spiro atoms. The van der Waals surface area contributed by atoms with E-state index in [0.29, 0.717) is 12.5 Å². The summed E-state index contributed by atoms with van der Waals surface area (Å²) in [5.41, 5.74) is 0. The van der Waals surface area contributed by atoms with E-state index in [1.807, 2.05) is 0 Å². The molecule has 7 heteroatoms. The third-order valence-corrected chi connectivity index (χ3v) is 3.69. The molecule has 0 aromatic carbocycles. The average molecular weight is 381 g/mol. The first kappa shape index (κ1) is 29.5. The summed E-state index contributed by atoms with van der Waals surface area (Å²) in [4.78, 5) is 21.6. The van der Waals surface area contributed by atoms with E-state index in [1.165, 1.54) is 77.0 Å². The number of hydrogen-bond acceptors (Lipinski definition) is 2. The number of phosphoric acid groups is 1. The topological polar surface area (TPSA) is 98.0 Å². The number of hydrogen-bond donors (Lipinski definition) is 4. The van der Waals surface area contributed by atoms with Crippen molar-refractivity contribution in [3.63, 3.8) is 0 Å². The van der Waals surface area contributed by atoms with Crippen LogP contribution in [0.3, 0.4) is 0 Å². The van der Waals surface area contributed by atoms with Gasteiger partial charge in [-0.25, -0.2) is 4.57 Å². The fourth-order valence-corrected chi connectivity index (χ4v) is 2.40. The third-order valence-electron chi connectivity index (χ3n) is 3.69. The summed E-state index contributed by atoms with van der Waals surface area (Å²) in [5.74, 6) is 0.582. The SMILES string of the molecule is CCCCCCCCC(CO)CCCCCC.O=P(O)(O)O.[KH]. The van der Waals surface area contributed by atoms with Crippen molar-refractivity contribution in [2.24, 2.45) is 5.92 Å². The maximum atomic E-state index is 9.32. The second-order valence-corrected chi connectivity index (χ2v) is 6.99. The molecule has 1 atom stereocenters. The predicted molar refractivity (Wildman–Crippen MR) is 98.7 cm³/mol. The second-order valence-electron chi connectivity index (χ2n) is 5.97. The summed E-state index contributed by atoms with van der Waals surface area (Å²) >= 11 is 0. The minimum atomic E-state index is -4.64. The van der Waals surface area contributed by atoms with Crippen molar-refractivity contribution in [3.8, 4) is 0 Å². The van der Waals surface area contributed by atoms with Gasteiger partial charge in [0, 0.05) is 6.61 Å². The molecule has 0 aromatic rings. The van der Waals surface area contributed by atoms with Crippen molar-refractivity contribution in [1.29, 1.82) is 0 Å². The fourth-order valence-electron chi connectivity index (χ4n) is 2.40. The Balaban J connectivity index is -0.000000578. The number of aliphatic hydroxyl groups is 1. The molecular formula is C16H38KO5P. The molecule has 0 aliphatic carbocycles. The van der Waals surface area contributed by atoms with E-state index in [1.54, 1.807) is 0 Å². The van der Waals surface area contributed by atoms with Crippen molar-refractivity contribution < 1.29 is 24.4 Å². The van der Waals surface area contributed by atoms with Crippen LogP contribution in [0.15, 0.2) is 0 Å². The maximum absolute atomic E-state index is 9.32. The average Bonchev–Trinajstić information content (AvgIpc) is 2.43. The zero-order valence-electron chi connectivity index (χ0n) is 14.4. The molecule has 0 fully saturated rings. The standard InChI is InChI=1S/C16H34O.K.H3O4P.H/c1-3-5-7-9-10-12-14-16(15-17)13-11-8-6-4-2;;1-5(2,3)4;/h16-17H,3-15H2,1-2H3;;(H3,1,2,3,4);. The van der Waals surface area contributed by atoms with Gasteiger partial charge in [-0.05, 0) is 18.8 Å². The van der Waals surface area contributed by atoms with Crippen LogP contribution >= 0.6 is 7.82 Å². The molecule has 4 N–H and O–H groups in total. The summed E-state index contributed by atoms with van der Waals surface area (Å²) in [6.07, 6.45) is 16.0. The van der Waals surface area contributed by atoms with Crippen LogP contribution in [-0.2, 0) is 4.57 Å². The Morgan fingerprint density at radius 2 is 1.04 bits per heavy atom. The van der Waals surface area contributed by atoms with Crippen LogP contribution in [0.1, 0.15) is 90.9 Å². The van der Waals surface area contributed by atoms with Crippen molar-refractivity contribution in [2.75, 3.05) is 6.61 Å². The molecule has 138 valence electrons. The molecule has 0 radical (unpaired) electrons. The zero-order valence-corrected chi connectivity index (χ0v) is 15.3. The van der Waals surface area contributed by atoms with E-state index in [-0.39, 0.29) is 51.4 Å². The first-order valence-electron chi connectivity index (χ1n) is 8.74. The Hall–Kier alpha value is 1.71. The number of rotatable bonds is 13. The van der Waals surface area contributed by atoms with Crippen molar-refractivity contribution in [1.82, 2.24) is 0 Å². The first-order valence-corrected chi connectivity index (χ1v) is 10.3. The second kappa shape index (κ2) is 21.7. The molecular weight excluding hydrogens is 342 g/mol. The molecule has 0 aliphatic rings. The van der Waals surface area contributed by atoms with Gasteiger partial charge in [0.1, 0.15) is 0 Å². The van der Waals surface area contributed by atoms with Crippen LogP contribution in [0.2, 0.25) is 0 Å². The quantitative estimate of drug-likeness (QED) is 0.222. The van der Waals surface area contributed by atoms with Gasteiger partial charge in [-0.1, -0.05) is 78.1 Å². The van der Waals surface area contributed by atoms with Gasteiger partial charge in [-0.15, -0.1) is 0 Å². The van der Waals surface area contributed by atoms with Gasteiger partial charge in [0.15, 0.2) is 0 Å². The van der Waals surface area contributed by atoms with Gasteiger partial charge >= 0.3 is 59.2 Å². The molecule has 0 aromatic heterocycles. The molecule has 0 bridgehead atoms. The van der Waals surface area contributed by atoms with Gasteiger partial charge in [-0.3, -0.25) is 0 Å². The van der Waals surface area contributed by atoms with Crippen LogP contribution in [-0.4, -0.2) is 77.8 Å². The van der Waals surface area contributed by atoms with Gasteiger partial charge in [-0.2, -0.15) is 0 Å². The normalized spacial score (nSPS) is 12.1. The van der Waals surface area contributed by atoms with Crippen molar-refractivity contribution in [2.45, 2.75) is 90.9 Å². The Morgan fingerprint density at radius 1 is 0.739 bits per heavy atom. The molecule has 0 amide bonds. The van der Waals surface area contributed by atoms with E-state index >= 15 is 0 Å². The summed E-state index contributed by atoms with van der Waals surface area (Å²) in [5, 5.41) is 9.32. The fraction of sp³-hybridized carbons (Fsp3) is 1.00.